The third kappa shape index (κ3) is 5.64. The third-order valence-corrected chi connectivity index (χ3v) is 3.22. The minimum atomic E-state index is -0.0896. The molecule has 0 spiro atoms. The molecule has 0 aliphatic heterocycles. The first-order chi connectivity index (χ1) is 10.8. The highest BCUT2D eigenvalue weighted by atomic mass is 16.6. The molecular formula is C18H22O4. The lowest BCUT2D eigenvalue weighted by molar-refractivity contribution is 0.0978. The van der Waals surface area contributed by atoms with Gasteiger partial charge in [0, 0.05) is 13.0 Å². The number of ether oxygens (including phenoxy) is 2. The number of carbonyl (C=O) groups is 1. The van der Waals surface area contributed by atoms with E-state index in [1.165, 1.54) is 6.92 Å². The second kappa shape index (κ2) is 8.93. The van der Waals surface area contributed by atoms with Gasteiger partial charge in [-0.05, 0) is 43.9 Å². The van der Waals surface area contributed by atoms with E-state index >= 15 is 0 Å². The Kier molecular flexibility index (Phi) is 6.55. The van der Waals surface area contributed by atoms with E-state index < -0.39 is 0 Å². The highest BCUT2D eigenvalue weighted by molar-refractivity contribution is 5.91. The molecule has 0 aliphatic rings. The summed E-state index contributed by atoms with van der Waals surface area (Å²) >= 11 is 0. The number of hydrogen-bond donors (Lipinski definition) is 0. The molecule has 0 aliphatic carbocycles. The number of unbranched alkanes of at least 4 members (excludes halogenated alkanes) is 3. The topological polar surface area (TPSA) is 48.7 Å². The molecule has 4 heteroatoms. The molecule has 2 aromatic rings. The molecule has 118 valence electrons. The number of para-hydroxylation sites is 1. The van der Waals surface area contributed by atoms with Crippen LogP contribution in [0.2, 0.25) is 0 Å². The van der Waals surface area contributed by atoms with Crippen LogP contribution in [0.5, 0.6) is 11.7 Å². The smallest absolute Gasteiger partial charge is 0.284 e. The van der Waals surface area contributed by atoms with Gasteiger partial charge in [0.15, 0.2) is 11.5 Å². The molecule has 0 bridgehead atoms. The Hall–Kier alpha value is -2.23. The predicted molar refractivity (Wildman–Crippen MR) is 84.6 cm³/mol. The first kappa shape index (κ1) is 16.1. The fourth-order valence-electron chi connectivity index (χ4n) is 2.02. The zero-order valence-corrected chi connectivity index (χ0v) is 12.9. The van der Waals surface area contributed by atoms with Crippen molar-refractivity contribution in [2.24, 2.45) is 0 Å². The van der Waals surface area contributed by atoms with E-state index in [9.17, 15) is 4.79 Å². The Bertz CT molecular complexity index is 559. The molecule has 0 amide bonds. The number of carbonyl (C=O) groups excluding carboxylic acids is 1. The number of hydrogen-bond acceptors (Lipinski definition) is 4. The van der Waals surface area contributed by atoms with Crippen LogP contribution < -0.4 is 9.47 Å². The minimum absolute atomic E-state index is 0.0896. The second-order valence-electron chi connectivity index (χ2n) is 5.10. The van der Waals surface area contributed by atoms with E-state index in [0.717, 1.165) is 38.0 Å². The van der Waals surface area contributed by atoms with Gasteiger partial charge in [0.1, 0.15) is 5.75 Å². The molecule has 22 heavy (non-hydrogen) atoms. The average Bonchev–Trinajstić information content (AvgIpc) is 3.00. The summed E-state index contributed by atoms with van der Waals surface area (Å²) in [5.74, 6) is 1.59. The molecule has 0 saturated carbocycles. The summed E-state index contributed by atoms with van der Waals surface area (Å²) in [6.45, 7) is 2.82. The summed E-state index contributed by atoms with van der Waals surface area (Å²) < 4.78 is 16.3. The van der Waals surface area contributed by atoms with Gasteiger partial charge in [-0.1, -0.05) is 18.2 Å². The lowest BCUT2D eigenvalue weighted by atomic mass is 10.2. The molecule has 0 saturated heterocycles. The Labute approximate surface area is 131 Å². The molecule has 1 heterocycles. The van der Waals surface area contributed by atoms with Crippen LogP contribution in [0.15, 0.2) is 46.9 Å². The summed E-state index contributed by atoms with van der Waals surface area (Å²) in [5.41, 5.74) is 0. The maximum atomic E-state index is 11.1. The van der Waals surface area contributed by atoms with Crippen molar-refractivity contribution in [1.82, 2.24) is 0 Å². The fourth-order valence-corrected chi connectivity index (χ4v) is 2.02. The van der Waals surface area contributed by atoms with E-state index in [-0.39, 0.29) is 5.78 Å². The van der Waals surface area contributed by atoms with Gasteiger partial charge >= 0.3 is 0 Å². The van der Waals surface area contributed by atoms with E-state index in [4.69, 9.17) is 13.9 Å². The Balaban J connectivity index is 1.48. The Morgan fingerprint density at radius 1 is 0.909 bits per heavy atom. The van der Waals surface area contributed by atoms with Crippen molar-refractivity contribution in [2.45, 2.75) is 32.6 Å². The van der Waals surface area contributed by atoms with Crippen molar-refractivity contribution in [1.29, 1.82) is 0 Å². The highest BCUT2D eigenvalue weighted by Gasteiger charge is 2.06. The zero-order chi connectivity index (χ0) is 15.6. The minimum Gasteiger partial charge on any atom is -0.494 e. The van der Waals surface area contributed by atoms with Gasteiger partial charge in [-0.2, -0.15) is 0 Å². The Morgan fingerprint density at radius 3 is 2.23 bits per heavy atom. The van der Waals surface area contributed by atoms with Gasteiger partial charge in [0.2, 0.25) is 0 Å². The van der Waals surface area contributed by atoms with Crippen LogP contribution in [-0.4, -0.2) is 19.0 Å². The molecular weight excluding hydrogens is 280 g/mol. The number of ketones is 1. The van der Waals surface area contributed by atoms with Crippen molar-refractivity contribution in [3.63, 3.8) is 0 Å². The van der Waals surface area contributed by atoms with Gasteiger partial charge in [0.25, 0.3) is 5.95 Å². The van der Waals surface area contributed by atoms with Gasteiger partial charge in [-0.25, -0.2) is 0 Å². The first-order valence-electron chi connectivity index (χ1n) is 7.67. The van der Waals surface area contributed by atoms with Crippen LogP contribution in [-0.2, 0) is 0 Å². The molecule has 0 unspecified atom stereocenters. The van der Waals surface area contributed by atoms with Crippen LogP contribution >= 0.6 is 0 Å². The average molecular weight is 302 g/mol. The van der Waals surface area contributed by atoms with Crippen LogP contribution in [0.3, 0.4) is 0 Å². The standard InChI is InChI=1S/C18H22O4/c1-15(19)17-11-12-18(22-17)21-14-8-3-2-7-13-20-16-9-5-4-6-10-16/h4-6,9-12H,2-3,7-8,13-14H2,1H3. The van der Waals surface area contributed by atoms with Gasteiger partial charge in [-0.15, -0.1) is 0 Å². The normalized spacial score (nSPS) is 10.4. The van der Waals surface area contributed by atoms with E-state index in [1.807, 2.05) is 30.3 Å². The first-order valence-corrected chi connectivity index (χ1v) is 7.67. The van der Waals surface area contributed by atoms with Crippen LogP contribution in [0, 0.1) is 0 Å². The molecule has 1 aromatic heterocycles. The number of Topliss-reactive ketones (excluding diaryl/α,β-unsaturated/α-hetero) is 1. The van der Waals surface area contributed by atoms with Gasteiger partial charge in [0.05, 0.1) is 13.2 Å². The molecule has 1 aromatic carbocycles. The van der Waals surface area contributed by atoms with Gasteiger partial charge < -0.3 is 13.9 Å². The van der Waals surface area contributed by atoms with Crippen molar-refractivity contribution in [3.8, 4) is 11.7 Å². The second-order valence-corrected chi connectivity index (χ2v) is 5.10. The zero-order valence-electron chi connectivity index (χ0n) is 12.9. The summed E-state index contributed by atoms with van der Waals surface area (Å²) in [7, 11) is 0. The number of furan rings is 1. The summed E-state index contributed by atoms with van der Waals surface area (Å²) in [5, 5.41) is 0. The van der Waals surface area contributed by atoms with Gasteiger partial charge in [-0.3, -0.25) is 4.79 Å². The molecule has 0 fully saturated rings. The van der Waals surface area contributed by atoms with Crippen LogP contribution in [0.1, 0.15) is 43.2 Å². The van der Waals surface area contributed by atoms with Crippen LogP contribution in [0.25, 0.3) is 0 Å². The third-order valence-electron chi connectivity index (χ3n) is 3.22. The SMILES string of the molecule is CC(=O)c1ccc(OCCCCCCOc2ccccc2)o1. The van der Waals surface area contributed by atoms with Crippen molar-refractivity contribution in [2.75, 3.05) is 13.2 Å². The predicted octanol–water partition coefficient (Wildman–Crippen LogP) is 4.50. The molecule has 2 rings (SSSR count). The molecule has 0 N–H and O–H groups in total. The number of benzene rings is 1. The van der Waals surface area contributed by atoms with Crippen molar-refractivity contribution < 1.29 is 18.7 Å². The van der Waals surface area contributed by atoms with E-state index in [2.05, 4.69) is 0 Å². The molecule has 0 radical (unpaired) electrons. The van der Waals surface area contributed by atoms with Crippen LogP contribution in [0.4, 0.5) is 0 Å². The lowest BCUT2D eigenvalue weighted by Crippen LogP contribution is -1.99. The summed E-state index contributed by atoms with van der Waals surface area (Å²) in [6, 6.07) is 13.2. The molecule has 4 nitrogen and oxygen atoms in total. The van der Waals surface area contributed by atoms with Crippen molar-refractivity contribution >= 4 is 5.78 Å². The Morgan fingerprint density at radius 2 is 1.59 bits per heavy atom. The largest absolute Gasteiger partial charge is 0.494 e. The number of rotatable bonds is 10. The van der Waals surface area contributed by atoms with E-state index in [0.29, 0.717) is 18.3 Å². The monoisotopic (exact) mass is 302 g/mol. The lowest BCUT2D eigenvalue weighted by Gasteiger charge is -2.06. The summed E-state index contributed by atoms with van der Waals surface area (Å²) in [4.78, 5) is 11.1. The maximum Gasteiger partial charge on any atom is 0.284 e. The maximum absolute atomic E-state index is 11.1. The van der Waals surface area contributed by atoms with E-state index in [1.54, 1.807) is 12.1 Å². The quantitative estimate of drug-likeness (QED) is 0.479. The molecule has 0 atom stereocenters. The van der Waals surface area contributed by atoms with Crippen molar-refractivity contribution in [3.05, 3.63) is 48.2 Å². The highest BCUT2D eigenvalue weighted by Crippen LogP contribution is 2.17. The summed E-state index contributed by atoms with van der Waals surface area (Å²) in [6.07, 6.45) is 4.18. The fraction of sp³-hybridized carbons (Fsp3) is 0.389.